The molecule has 82 valence electrons. The van der Waals surface area contributed by atoms with Crippen molar-refractivity contribution >= 4 is 10.1 Å². The summed E-state index contributed by atoms with van der Waals surface area (Å²) < 4.78 is 31.2. The van der Waals surface area contributed by atoms with Crippen LogP contribution in [-0.2, 0) is 23.0 Å². The van der Waals surface area contributed by atoms with Gasteiger partial charge in [-0.05, 0) is 30.0 Å². The molecule has 1 unspecified atom stereocenters. The molecule has 0 radical (unpaired) electrons. The average Bonchev–Trinajstić information content (AvgIpc) is 2.15. The van der Waals surface area contributed by atoms with Gasteiger partial charge < -0.3 is 5.11 Å². The lowest BCUT2D eigenvalue weighted by Crippen LogP contribution is -2.21. The summed E-state index contributed by atoms with van der Waals surface area (Å²) in [5.41, 5.74) is 1.45. The molecule has 15 heavy (non-hydrogen) atoms. The van der Waals surface area contributed by atoms with E-state index in [4.69, 9.17) is 4.55 Å². The molecule has 0 saturated heterocycles. The fraction of sp³-hybridized carbons (Fsp3) is 0.400. The van der Waals surface area contributed by atoms with Crippen molar-refractivity contribution < 1.29 is 18.1 Å². The molecule has 0 amide bonds. The summed E-state index contributed by atoms with van der Waals surface area (Å²) in [6.07, 6.45) is 1.08. The number of rotatable bonds is 1. The maximum Gasteiger partial charge on any atom is 0.294 e. The number of benzene rings is 1. The molecule has 2 N–H and O–H groups in total. The van der Waals surface area contributed by atoms with Crippen molar-refractivity contribution in [3.63, 3.8) is 0 Å². The number of hydrogen-bond donors (Lipinski definition) is 2. The van der Waals surface area contributed by atoms with Gasteiger partial charge in [0.05, 0.1) is 11.0 Å². The van der Waals surface area contributed by atoms with E-state index in [-0.39, 0.29) is 4.90 Å². The van der Waals surface area contributed by atoms with Gasteiger partial charge in [0.2, 0.25) is 0 Å². The molecule has 1 aliphatic carbocycles. The minimum absolute atomic E-state index is 0.0706. The van der Waals surface area contributed by atoms with E-state index in [1.807, 2.05) is 6.07 Å². The Kier molecular flexibility index (Phi) is 2.54. The topological polar surface area (TPSA) is 74.6 Å². The number of fused-ring (bicyclic) bond motifs is 1. The van der Waals surface area contributed by atoms with Gasteiger partial charge in [-0.25, -0.2) is 0 Å². The van der Waals surface area contributed by atoms with E-state index in [9.17, 15) is 13.5 Å². The lowest BCUT2D eigenvalue weighted by atomic mass is 9.90. The predicted octanol–water partition coefficient (Wildman–Crippen LogP) is 0.783. The van der Waals surface area contributed by atoms with Crippen molar-refractivity contribution in [2.24, 2.45) is 0 Å². The first-order chi connectivity index (χ1) is 6.98. The second-order valence-electron chi connectivity index (χ2n) is 3.77. The normalized spacial score (nSPS) is 21.1. The summed E-state index contributed by atoms with van der Waals surface area (Å²) >= 11 is 0. The zero-order chi connectivity index (χ0) is 11.1. The molecule has 2 rings (SSSR count). The standard InChI is InChI=1S/C10H12O4S/c11-8-5-4-7-2-1-3-10(9(7)6-8)15(12,13)14/h1-3,8,11H,4-6H2,(H,12,13,14). The predicted molar refractivity (Wildman–Crippen MR) is 54.3 cm³/mol. The maximum absolute atomic E-state index is 11.1. The maximum atomic E-state index is 11.1. The molecule has 0 fully saturated rings. The van der Waals surface area contributed by atoms with Crippen LogP contribution in [0.1, 0.15) is 17.5 Å². The Balaban J connectivity index is 2.59. The van der Waals surface area contributed by atoms with Crippen LogP contribution in [0, 0.1) is 0 Å². The van der Waals surface area contributed by atoms with Gasteiger partial charge in [-0.1, -0.05) is 12.1 Å². The van der Waals surface area contributed by atoms with Crippen LogP contribution in [0.4, 0.5) is 0 Å². The lowest BCUT2D eigenvalue weighted by Gasteiger charge is -2.22. The molecule has 0 aromatic heterocycles. The summed E-state index contributed by atoms with van der Waals surface area (Å²) in [4.78, 5) is -0.0706. The van der Waals surface area contributed by atoms with E-state index < -0.39 is 16.2 Å². The highest BCUT2D eigenvalue weighted by atomic mass is 32.2. The van der Waals surface area contributed by atoms with E-state index in [0.717, 1.165) is 5.56 Å². The molecule has 0 aliphatic heterocycles. The van der Waals surface area contributed by atoms with E-state index in [1.165, 1.54) is 6.07 Å². The van der Waals surface area contributed by atoms with Crippen molar-refractivity contribution in [1.29, 1.82) is 0 Å². The van der Waals surface area contributed by atoms with Gasteiger partial charge >= 0.3 is 0 Å². The van der Waals surface area contributed by atoms with Crippen LogP contribution in [0.3, 0.4) is 0 Å². The quantitative estimate of drug-likeness (QED) is 0.697. The first-order valence-corrected chi connectivity index (χ1v) is 6.19. The fourth-order valence-corrected chi connectivity index (χ4v) is 2.75. The third-order valence-electron chi connectivity index (χ3n) is 2.69. The highest BCUT2D eigenvalue weighted by Gasteiger charge is 2.23. The number of hydrogen-bond acceptors (Lipinski definition) is 3. The lowest BCUT2D eigenvalue weighted by molar-refractivity contribution is 0.157. The number of aryl methyl sites for hydroxylation is 1. The second-order valence-corrected chi connectivity index (χ2v) is 5.16. The molecule has 0 bridgehead atoms. The number of aliphatic hydroxyl groups excluding tert-OH is 1. The summed E-state index contributed by atoms with van der Waals surface area (Å²) in [6, 6.07) is 4.81. The monoisotopic (exact) mass is 228 g/mol. The smallest absolute Gasteiger partial charge is 0.294 e. The van der Waals surface area contributed by atoms with Gasteiger partial charge in [0.15, 0.2) is 0 Å². The van der Waals surface area contributed by atoms with Crippen molar-refractivity contribution in [3.05, 3.63) is 29.3 Å². The van der Waals surface area contributed by atoms with Gasteiger partial charge in [0, 0.05) is 6.42 Å². The summed E-state index contributed by atoms with van der Waals surface area (Å²) in [5, 5.41) is 9.47. The molecular weight excluding hydrogens is 216 g/mol. The van der Waals surface area contributed by atoms with Crippen LogP contribution in [-0.4, -0.2) is 24.2 Å². The van der Waals surface area contributed by atoms with Gasteiger partial charge in [-0.2, -0.15) is 8.42 Å². The van der Waals surface area contributed by atoms with Crippen LogP contribution >= 0.6 is 0 Å². The van der Waals surface area contributed by atoms with Crippen LogP contribution in [0.5, 0.6) is 0 Å². The fourth-order valence-electron chi connectivity index (χ4n) is 1.98. The SMILES string of the molecule is O=S(=O)(O)c1cccc2c1CC(O)CC2. The second kappa shape index (κ2) is 3.59. The Labute approximate surface area is 88.3 Å². The Bertz CT molecular complexity index is 478. The Morgan fingerprint density at radius 3 is 2.73 bits per heavy atom. The summed E-state index contributed by atoms with van der Waals surface area (Å²) in [6.45, 7) is 0. The van der Waals surface area contributed by atoms with E-state index in [2.05, 4.69) is 0 Å². The van der Waals surface area contributed by atoms with Gasteiger partial charge in [-0.15, -0.1) is 0 Å². The minimum atomic E-state index is -4.18. The highest BCUT2D eigenvalue weighted by molar-refractivity contribution is 7.85. The molecule has 0 spiro atoms. The summed E-state index contributed by atoms with van der Waals surface area (Å²) in [5.74, 6) is 0. The first kappa shape index (κ1) is 10.6. The van der Waals surface area contributed by atoms with E-state index >= 15 is 0 Å². The average molecular weight is 228 g/mol. The van der Waals surface area contributed by atoms with Gasteiger partial charge in [0.1, 0.15) is 0 Å². The van der Waals surface area contributed by atoms with Crippen LogP contribution in [0.15, 0.2) is 23.1 Å². The highest BCUT2D eigenvalue weighted by Crippen LogP contribution is 2.27. The van der Waals surface area contributed by atoms with Crippen LogP contribution < -0.4 is 0 Å². The molecule has 0 heterocycles. The Hall–Kier alpha value is -0.910. The van der Waals surface area contributed by atoms with Crippen molar-refractivity contribution in [3.8, 4) is 0 Å². The molecular formula is C10H12O4S. The van der Waals surface area contributed by atoms with Gasteiger partial charge in [0.25, 0.3) is 10.1 Å². The Morgan fingerprint density at radius 1 is 1.33 bits per heavy atom. The van der Waals surface area contributed by atoms with Crippen molar-refractivity contribution in [2.75, 3.05) is 0 Å². The molecule has 0 saturated carbocycles. The van der Waals surface area contributed by atoms with Crippen LogP contribution in [0.25, 0.3) is 0 Å². The largest absolute Gasteiger partial charge is 0.393 e. The van der Waals surface area contributed by atoms with Crippen LogP contribution in [0.2, 0.25) is 0 Å². The molecule has 1 aromatic rings. The van der Waals surface area contributed by atoms with Gasteiger partial charge in [-0.3, -0.25) is 4.55 Å². The molecule has 5 heteroatoms. The zero-order valence-corrected chi connectivity index (χ0v) is 8.87. The molecule has 1 atom stereocenters. The summed E-state index contributed by atoms with van der Waals surface area (Å²) in [7, 11) is -4.18. The third-order valence-corrected chi connectivity index (χ3v) is 3.63. The molecule has 1 aromatic carbocycles. The zero-order valence-electron chi connectivity index (χ0n) is 8.05. The van der Waals surface area contributed by atoms with Crippen molar-refractivity contribution in [2.45, 2.75) is 30.3 Å². The molecule has 4 nitrogen and oxygen atoms in total. The number of aliphatic hydroxyl groups is 1. The minimum Gasteiger partial charge on any atom is -0.393 e. The van der Waals surface area contributed by atoms with E-state index in [1.54, 1.807) is 6.07 Å². The Morgan fingerprint density at radius 2 is 2.07 bits per heavy atom. The van der Waals surface area contributed by atoms with E-state index in [0.29, 0.717) is 24.8 Å². The van der Waals surface area contributed by atoms with Crippen molar-refractivity contribution in [1.82, 2.24) is 0 Å². The first-order valence-electron chi connectivity index (χ1n) is 4.75. The third kappa shape index (κ3) is 2.04. The molecule has 1 aliphatic rings.